The van der Waals surface area contributed by atoms with Crippen molar-refractivity contribution in [1.29, 1.82) is 0 Å². The van der Waals surface area contributed by atoms with Crippen LogP contribution < -0.4 is 15.4 Å². The molecule has 3 N–H and O–H groups in total. The Morgan fingerprint density at radius 1 is 1.06 bits per heavy atom. The molecule has 0 aliphatic heterocycles. The van der Waals surface area contributed by atoms with Gasteiger partial charge in [-0.1, -0.05) is 32.0 Å². The number of benzene rings is 1. The van der Waals surface area contributed by atoms with Crippen LogP contribution in [-0.4, -0.2) is 46.1 Å². The molecular weight excluding hydrogens is 460 g/mol. The summed E-state index contributed by atoms with van der Waals surface area (Å²) in [5, 5.41) is 15.6. The smallest absolute Gasteiger partial charge is 0.305 e. The van der Waals surface area contributed by atoms with Crippen LogP contribution in [0.1, 0.15) is 30.6 Å². The normalized spacial score (nSPS) is 11.9. The number of furan rings is 1. The summed E-state index contributed by atoms with van der Waals surface area (Å²) in [4.78, 5) is 31.5. The van der Waals surface area contributed by atoms with Crippen LogP contribution in [0.25, 0.3) is 22.4 Å². The van der Waals surface area contributed by atoms with Crippen LogP contribution in [-0.2, 0) is 4.79 Å². The van der Waals surface area contributed by atoms with E-state index in [1.807, 2.05) is 42.5 Å². The van der Waals surface area contributed by atoms with Crippen LogP contribution in [0.2, 0.25) is 0 Å². The summed E-state index contributed by atoms with van der Waals surface area (Å²) in [5.74, 6) is 0.870. The second-order valence-electron chi connectivity index (χ2n) is 8.67. The molecule has 1 aromatic carbocycles. The lowest BCUT2D eigenvalue weighted by molar-refractivity contribution is -0.136. The zero-order chi connectivity index (χ0) is 25.5. The molecule has 1 atom stereocenters. The number of aromatic nitrogens is 2. The lowest BCUT2D eigenvalue weighted by atomic mass is 10.1. The van der Waals surface area contributed by atoms with Crippen molar-refractivity contribution in [3.63, 3.8) is 0 Å². The summed E-state index contributed by atoms with van der Waals surface area (Å²) in [7, 11) is 0. The van der Waals surface area contributed by atoms with Crippen molar-refractivity contribution in [3.05, 3.63) is 72.6 Å². The van der Waals surface area contributed by atoms with Gasteiger partial charge in [-0.2, -0.15) is 0 Å². The molecule has 3 heterocycles. The maximum Gasteiger partial charge on any atom is 0.305 e. The third-order valence-electron chi connectivity index (χ3n) is 5.63. The van der Waals surface area contributed by atoms with Gasteiger partial charge in [-0.25, -0.2) is 9.97 Å². The molecule has 0 fully saturated rings. The molecule has 9 nitrogen and oxygen atoms in total. The Kier molecular flexibility index (Phi) is 7.79. The first-order chi connectivity index (χ1) is 17.4. The topological polar surface area (TPSA) is 127 Å². The monoisotopic (exact) mass is 488 g/mol. The first-order valence-corrected chi connectivity index (χ1v) is 11.7. The highest BCUT2D eigenvalue weighted by Gasteiger charge is 2.16. The van der Waals surface area contributed by atoms with Crippen LogP contribution in [0, 0.1) is 5.92 Å². The Hall–Kier alpha value is -4.40. The van der Waals surface area contributed by atoms with Gasteiger partial charge in [0.2, 0.25) is 0 Å². The van der Waals surface area contributed by atoms with Crippen molar-refractivity contribution >= 4 is 28.7 Å². The van der Waals surface area contributed by atoms with Gasteiger partial charge < -0.3 is 24.9 Å². The maximum absolute atomic E-state index is 12.1. The number of aliphatic carboxylic acids is 1. The van der Waals surface area contributed by atoms with Gasteiger partial charge in [-0.15, -0.1) is 0 Å². The molecule has 0 aliphatic carbocycles. The van der Waals surface area contributed by atoms with Crippen molar-refractivity contribution in [1.82, 2.24) is 15.3 Å². The summed E-state index contributed by atoms with van der Waals surface area (Å²) < 4.78 is 11.9. The summed E-state index contributed by atoms with van der Waals surface area (Å²) in [6.07, 6.45) is 3.00. The van der Waals surface area contributed by atoms with E-state index >= 15 is 0 Å². The number of anilines is 1. The van der Waals surface area contributed by atoms with Crippen molar-refractivity contribution in [2.45, 2.75) is 26.3 Å². The fraction of sp³-hybridized carbons (Fsp3) is 0.259. The van der Waals surface area contributed by atoms with E-state index in [2.05, 4.69) is 34.4 Å². The number of ether oxygens (including phenoxy) is 1. The molecule has 36 heavy (non-hydrogen) atoms. The van der Waals surface area contributed by atoms with E-state index in [1.54, 1.807) is 18.3 Å². The molecule has 0 radical (unpaired) electrons. The number of fused-ring (bicyclic) bond motifs is 1. The number of amides is 1. The lowest BCUT2D eigenvalue weighted by Crippen LogP contribution is -2.32. The fourth-order valence-corrected chi connectivity index (χ4v) is 3.49. The van der Waals surface area contributed by atoms with Gasteiger partial charge >= 0.3 is 5.97 Å². The average Bonchev–Trinajstić information content (AvgIpc) is 3.31. The van der Waals surface area contributed by atoms with E-state index in [-0.39, 0.29) is 30.8 Å². The number of para-hydroxylation sites is 1. The Balaban J connectivity index is 1.32. The maximum atomic E-state index is 12.1. The van der Waals surface area contributed by atoms with Crippen molar-refractivity contribution in [2.75, 3.05) is 18.5 Å². The number of carboxylic acids is 1. The highest BCUT2D eigenvalue weighted by molar-refractivity contribution is 5.94. The number of nitrogens with zero attached hydrogens (tertiary/aromatic N) is 2. The summed E-state index contributed by atoms with van der Waals surface area (Å²) in [6.45, 7) is 4.61. The van der Waals surface area contributed by atoms with Crippen LogP contribution >= 0.6 is 0 Å². The molecule has 0 unspecified atom stereocenters. The molecule has 186 valence electrons. The Labute approximate surface area is 208 Å². The van der Waals surface area contributed by atoms with Gasteiger partial charge in [-0.05, 0) is 42.3 Å². The van der Waals surface area contributed by atoms with Crippen molar-refractivity contribution in [3.8, 4) is 17.2 Å². The highest BCUT2D eigenvalue weighted by Crippen LogP contribution is 2.27. The molecule has 0 aliphatic rings. The SMILES string of the molecule is CC(C)[C@@H](COc1ccc(-c2cc3ccccc3o2)nc1)Nc1ccc(C(=O)NCCC(=O)O)cn1. The number of carbonyl (C=O) groups is 2. The van der Waals surface area contributed by atoms with E-state index in [0.717, 1.165) is 16.7 Å². The second kappa shape index (κ2) is 11.4. The molecule has 3 aromatic heterocycles. The lowest BCUT2D eigenvalue weighted by Gasteiger charge is -2.23. The quantitative estimate of drug-likeness (QED) is 0.279. The minimum Gasteiger partial charge on any atom is -0.490 e. The average molecular weight is 489 g/mol. The van der Waals surface area contributed by atoms with Gasteiger partial charge in [-0.3, -0.25) is 9.59 Å². The van der Waals surface area contributed by atoms with E-state index in [9.17, 15) is 9.59 Å². The first kappa shape index (κ1) is 24.7. The largest absolute Gasteiger partial charge is 0.490 e. The fourth-order valence-electron chi connectivity index (χ4n) is 3.49. The molecule has 4 aromatic rings. The Morgan fingerprint density at radius 3 is 2.56 bits per heavy atom. The molecule has 0 saturated heterocycles. The third kappa shape index (κ3) is 6.38. The second-order valence-corrected chi connectivity index (χ2v) is 8.67. The highest BCUT2D eigenvalue weighted by atomic mass is 16.5. The predicted octanol–water partition coefficient (Wildman–Crippen LogP) is 4.61. The number of carboxylic acid groups (broad SMARTS) is 1. The number of hydrogen-bond acceptors (Lipinski definition) is 7. The van der Waals surface area contributed by atoms with Crippen molar-refractivity contribution in [2.24, 2.45) is 5.92 Å². The van der Waals surface area contributed by atoms with Gasteiger partial charge in [0, 0.05) is 18.1 Å². The Bertz CT molecular complexity index is 1280. The minimum absolute atomic E-state index is 0.0391. The first-order valence-electron chi connectivity index (χ1n) is 11.7. The number of carbonyl (C=O) groups excluding carboxylic acids is 1. The summed E-state index contributed by atoms with van der Waals surface area (Å²) >= 11 is 0. The number of pyridine rings is 2. The van der Waals surface area contributed by atoms with Crippen LogP contribution in [0.15, 0.2) is 71.4 Å². The van der Waals surface area contributed by atoms with Crippen LogP contribution in [0.5, 0.6) is 5.75 Å². The van der Waals surface area contributed by atoms with E-state index in [1.165, 1.54) is 6.20 Å². The van der Waals surface area contributed by atoms with Gasteiger partial charge in [0.25, 0.3) is 5.91 Å². The molecule has 0 saturated carbocycles. The standard InChI is InChI=1S/C27H28N4O5/c1-17(2)22(31-25-10-7-19(14-30-25)27(34)28-12-11-26(32)33)16-35-20-8-9-21(29-15-20)24-13-18-5-3-4-6-23(18)36-24/h3-10,13-15,17,22H,11-12,16H2,1-2H3,(H,28,34)(H,30,31)(H,32,33)/t22-/m1/s1. The number of rotatable bonds is 11. The third-order valence-corrected chi connectivity index (χ3v) is 5.63. The van der Waals surface area contributed by atoms with Gasteiger partial charge in [0.1, 0.15) is 29.5 Å². The van der Waals surface area contributed by atoms with E-state index in [4.69, 9.17) is 14.3 Å². The molecular formula is C27H28N4O5. The molecule has 0 bridgehead atoms. The Morgan fingerprint density at radius 2 is 1.89 bits per heavy atom. The molecule has 1 amide bonds. The van der Waals surface area contributed by atoms with Gasteiger partial charge in [0.05, 0.1) is 24.2 Å². The van der Waals surface area contributed by atoms with Gasteiger partial charge in [0.15, 0.2) is 5.76 Å². The predicted molar refractivity (Wildman–Crippen MR) is 136 cm³/mol. The zero-order valence-electron chi connectivity index (χ0n) is 20.1. The zero-order valence-corrected chi connectivity index (χ0v) is 20.1. The van der Waals surface area contributed by atoms with Crippen molar-refractivity contribution < 1.29 is 23.8 Å². The molecule has 4 rings (SSSR count). The number of nitrogens with one attached hydrogen (secondary N) is 2. The summed E-state index contributed by atoms with van der Waals surface area (Å²) in [5.41, 5.74) is 1.91. The number of hydrogen-bond donors (Lipinski definition) is 3. The molecule has 0 spiro atoms. The van der Waals surface area contributed by atoms with E-state index in [0.29, 0.717) is 29.5 Å². The minimum atomic E-state index is -0.965. The molecule has 9 heteroatoms. The van der Waals surface area contributed by atoms with Crippen LogP contribution in [0.3, 0.4) is 0 Å². The van der Waals surface area contributed by atoms with Crippen LogP contribution in [0.4, 0.5) is 5.82 Å². The van der Waals surface area contributed by atoms with E-state index < -0.39 is 5.97 Å². The summed E-state index contributed by atoms with van der Waals surface area (Å²) in [6, 6.07) is 16.8.